The predicted molar refractivity (Wildman–Crippen MR) is 72.4 cm³/mol. The molecular weight excluding hydrogens is 282 g/mol. The largest absolute Gasteiger partial charge is 0.384 e. The predicted octanol–water partition coefficient (Wildman–Crippen LogP) is 1.89. The van der Waals surface area contributed by atoms with Crippen molar-refractivity contribution in [3.63, 3.8) is 0 Å². The number of rotatable bonds is 7. The van der Waals surface area contributed by atoms with Gasteiger partial charge in [0.1, 0.15) is 0 Å². The van der Waals surface area contributed by atoms with E-state index in [0.717, 1.165) is 23.9 Å². The third-order valence-corrected chi connectivity index (χ3v) is 3.05. The van der Waals surface area contributed by atoms with E-state index in [0.29, 0.717) is 5.92 Å². The Morgan fingerprint density at radius 2 is 2.29 bits per heavy atom. The molecule has 0 radical (unpaired) electrons. The molecule has 0 fully saturated rings. The maximum Gasteiger partial charge on any atom is 0.0488 e. The molecule has 0 bridgehead atoms. The first kappa shape index (κ1) is 14.6. The summed E-state index contributed by atoms with van der Waals surface area (Å²) < 4.78 is 6.13. The van der Waals surface area contributed by atoms with Crippen LogP contribution in [0.25, 0.3) is 0 Å². The number of nitrogens with one attached hydrogen (secondary N) is 1. The van der Waals surface area contributed by atoms with E-state index in [-0.39, 0.29) is 6.04 Å². The summed E-state index contributed by atoms with van der Waals surface area (Å²) in [6.07, 6.45) is 5.51. The van der Waals surface area contributed by atoms with Crippen LogP contribution in [0.5, 0.6) is 0 Å². The molecule has 0 aliphatic carbocycles. The monoisotopic (exact) mass is 301 g/mol. The summed E-state index contributed by atoms with van der Waals surface area (Å²) in [7, 11) is 1.72. The second-order valence-electron chi connectivity index (χ2n) is 4.38. The molecule has 0 amide bonds. The van der Waals surface area contributed by atoms with Gasteiger partial charge in [-0.25, -0.2) is 0 Å². The van der Waals surface area contributed by atoms with Gasteiger partial charge in [0.05, 0.1) is 0 Å². The number of nitrogens with zero attached hydrogens (tertiary/aromatic N) is 1. The van der Waals surface area contributed by atoms with Crippen molar-refractivity contribution in [2.24, 2.45) is 11.8 Å². The maximum atomic E-state index is 5.58. The zero-order valence-electron chi connectivity index (χ0n) is 10.3. The Bertz CT molecular complexity index is 335. The number of nitrogens with two attached hydrogens (primary N) is 1. The molecule has 1 heterocycles. The van der Waals surface area contributed by atoms with E-state index in [1.165, 1.54) is 5.56 Å². The standard InChI is InChI=1S/C12H20BrN3O/c1-9(8-17-2)3-12(16-14)5-10-4-11(13)7-15-6-10/h4,6-7,9,12,16H,3,5,8,14H2,1-2H3. The van der Waals surface area contributed by atoms with E-state index in [4.69, 9.17) is 10.6 Å². The van der Waals surface area contributed by atoms with Gasteiger partial charge in [0, 0.05) is 36.6 Å². The number of pyridine rings is 1. The van der Waals surface area contributed by atoms with Crippen LogP contribution in [0, 0.1) is 5.92 Å². The van der Waals surface area contributed by atoms with Crippen LogP contribution in [0.3, 0.4) is 0 Å². The summed E-state index contributed by atoms with van der Waals surface area (Å²) in [5.74, 6) is 6.07. The van der Waals surface area contributed by atoms with Crippen molar-refractivity contribution in [3.8, 4) is 0 Å². The molecule has 1 aromatic rings. The van der Waals surface area contributed by atoms with Crippen molar-refractivity contribution >= 4 is 15.9 Å². The van der Waals surface area contributed by atoms with E-state index < -0.39 is 0 Å². The van der Waals surface area contributed by atoms with Gasteiger partial charge in [0.25, 0.3) is 0 Å². The van der Waals surface area contributed by atoms with Crippen molar-refractivity contribution in [2.75, 3.05) is 13.7 Å². The Balaban J connectivity index is 2.51. The Kier molecular flexibility index (Phi) is 6.65. The summed E-state index contributed by atoms with van der Waals surface area (Å²) >= 11 is 3.42. The third-order valence-electron chi connectivity index (χ3n) is 2.62. The average Bonchev–Trinajstić information content (AvgIpc) is 2.28. The number of hydrazine groups is 1. The van der Waals surface area contributed by atoms with E-state index in [2.05, 4.69) is 39.3 Å². The van der Waals surface area contributed by atoms with E-state index in [9.17, 15) is 0 Å². The van der Waals surface area contributed by atoms with Gasteiger partial charge < -0.3 is 4.74 Å². The lowest BCUT2D eigenvalue weighted by molar-refractivity contribution is 0.149. The van der Waals surface area contributed by atoms with E-state index in [1.54, 1.807) is 13.3 Å². The first-order valence-electron chi connectivity index (χ1n) is 5.70. The smallest absolute Gasteiger partial charge is 0.0488 e. The highest BCUT2D eigenvalue weighted by Crippen LogP contribution is 2.14. The zero-order valence-corrected chi connectivity index (χ0v) is 11.9. The molecule has 1 aromatic heterocycles. The van der Waals surface area contributed by atoms with Gasteiger partial charge in [0.2, 0.25) is 0 Å². The van der Waals surface area contributed by atoms with Gasteiger partial charge in [0.15, 0.2) is 0 Å². The summed E-state index contributed by atoms with van der Waals surface area (Å²) in [4.78, 5) is 4.15. The molecule has 0 aliphatic heterocycles. The van der Waals surface area contributed by atoms with Crippen LogP contribution in [0.4, 0.5) is 0 Å². The number of methoxy groups -OCH3 is 1. The summed E-state index contributed by atoms with van der Waals surface area (Å²) in [6, 6.07) is 2.31. The molecule has 17 heavy (non-hydrogen) atoms. The highest BCUT2D eigenvalue weighted by Gasteiger charge is 2.12. The average molecular weight is 302 g/mol. The summed E-state index contributed by atoms with van der Waals surface area (Å²) in [5, 5.41) is 0. The minimum absolute atomic E-state index is 0.247. The van der Waals surface area contributed by atoms with Crippen molar-refractivity contribution in [3.05, 3.63) is 28.5 Å². The quantitative estimate of drug-likeness (QED) is 0.596. The van der Waals surface area contributed by atoms with E-state index in [1.807, 2.05) is 6.20 Å². The molecule has 3 N–H and O–H groups in total. The molecule has 0 aromatic carbocycles. The van der Waals surface area contributed by atoms with Crippen molar-refractivity contribution < 1.29 is 4.74 Å². The SMILES string of the molecule is COCC(C)CC(Cc1cncc(Br)c1)NN. The first-order chi connectivity index (χ1) is 8.15. The Morgan fingerprint density at radius 3 is 2.88 bits per heavy atom. The fourth-order valence-corrected chi connectivity index (χ4v) is 2.31. The van der Waals surface area contributed by atoms with Crippen LogP contribution >= 0.6 is 15.9 Å². The molecule has 2 unspecified atom stereocenters. The number of halogens is 1. The molecule has 4 nitrogen and oxygen atoms in total. The van der Waals surface area contributed by atoms with Gasteiger partial charge in [-0.3, -0.25) is 16.3 Å². The van der Waals surface area contributed by atoms with Gasteiger partial charge in [-0.2, -0.15) is 0 Å². The van der Waals surface area contributed by atoms with Crippen LogP contribution in [0.15, 0.2) is 22.9 Å². The topological polar surface area (TPSA) is 60.2 Å². The van der Waals surface area contributed by atoms with Gasteiger partial charge >= 0.3 is 0 Å². The number of ether oxygens (including phenoxy) is 1. The van der Waals surface area contributed by atoms with Crippen LogP contribution < -0.4 is 11.3 Å². The summed E-state index contributed by atoms with van der Waals surface area (Å²) in [5.41, 5.74) is 4.03. The second kappa shape index (κ2) is 7.76. The molecule has 2 atom stereocenters. The first-order valence-corrected chi connectivity index (χ1v) is 6.49. The lowest BCUT2D eigenvalue weighted by Gasteiger charge is -2.19. The molecule has 96 valence electrons. The van der Waals surface area contributed by atoms with Gasteiger partial charge in [-0.1, -0.05) is 6.92 Å². The Labute approximate surface area is 111 Å². The molecule has 0 spiro atoms. The van der Waals surface area contributed by atoms with Crippen molar-refractivity contribution in [1.82, 2.24) is 10.4 Å². The Hall–Kier alpha value is -0.490. The lowest BCUT2D eigenvalue weighted by Crippen LogP contribution is -2.38. The van der Waals surface area contributed by atoms with Crippen LogP contribution in [-0.4, -0.2) is 24.7 Å². The number of aromatic nitrogens is 1. The molecule has 0 aliphatic rings. The lowest BCUT2D eigenvalue weighted by atomic mass is 9.98. The maximum absolute atomic E-state index is 5.58. The molecular formula is C12H20BrN3O. The Morgan fingerprint density at radius 1 is 1.53 bits per heavy atom. The van der Waals surface area contributed by atoms with Crippen molar-refractivity contribution in [2.45, 2.75) is 25.8 Å². The van der Waals surface area contributed by atoms with Gasteiger partial charge in [-0.15, -0.1) is 0 Å². The molecule has 0 saturated carbocycles. The normalized spacial score (nSPS) is 14.6. The highest BCUT2D eigenvalue weighted by molar-refractivity contribution is 9.10. The van der Waals surface area contributed by atoms with Crippen LogP contribution in [0.1, 0.15) is 18.9 Å². The highest BCUT2D eigenvalue weighted by atomic mass is 79.9. The molecule has 0 saturated heterocycles. The minimum atomic E-state index is 0.247. The van der Waals surface area contributed by atoms with Crippen molar-refractivity contribution in [1.29, 1.82) is 0 Å². The van der Waals surface area contributed by atoms with Gasteiger partial charge in [-0.05, 0) is 46.3 Å². The number of hydrogen-bond acceptors (Lipinski definition) is 4. The minimum Gasteiger partial charge on any atom is -0.384 e. The number of hydrogen-bond donors (Lipinski definition) is 2. The van der Waals surface area contributed by atoms with Crippen LogP contribution in [-0.2, 0) is 11.2 Å². The molecule has 1 rings (SSSR count). The van der Waals surface area contributed by atoms with E-state index >= 15 is 0 Å². The zero-order chi connectivity index (χ0) is 12.7. The van der Waals surface area contributed by atoms with Crippen LogP contribution in [0.2, 0.25) is 0 Å². The fourth-order valence-electron chi connectivity index (χ4n) is 1.90. The summed E-state index contributed by atoms with van der Waals surface area (Å²) in [6.45, 7) is 2.92. The molecule has 5 heteroatoms. The fraction of sp³-hybridized carbons (Fsp3) is 0.583. The second-order valence-corrected chi connectivity index (χ2v) is 5.29. The third kappa shape index (κ3) is 5.59.